The predicted octanol–water partition coefficient (Wildman–Crippen LogP) is -1.92. The number of benzene rings is 2. The van der Waals surface area contributed by atoms with Crippen molar-refractivity contribution in [2.45, 2.75) is 172 Å². The molecule has 18 N–H and O–H groups in total. The van der Waals surface area contributed by atoms with Crippen molar-refractivity contribution in [3.05, 3.63) is 90.1 Å². The maximum Gasteiger partial charge on any atom is 0.252 e. The molecule has 9 atom stereocenters. The van der Waals surface area contributed by atoms with Crippen LogP contribution in [-0.2, 0) is 76.8 Å². The third kappa shape index (κ3) is 20.9. The number of likely N-dealkylation sites (tertiary alicyclic amines) is 1. The maximum atomic E-state index is 15.7. The van der Waals surface area contributed by atoms with Crippen LogP contribution in [0.3, 0.4) is 0 Å². The van der Waals surface area contributed by atoms with Crippen LogP contribution in [0, 0.1) is 5.92 Å². The number of carbonyl (C=O) groups excluding carboxylic acids is 12. The summed E-state index contributed by atoms with van der Waals surface area (Å²) in [4.78, 5) is 191. The number of nitrogens with two attached hydrogens (primary N) is 4. The van der Waals surface area contributed by atoms with E-state index in [0.717, 1.165) is 4.90 Å². The van der Waals surface area contributed by atoms with Gasteiger partial charge in [-0.15, -0.1) is 0 Å². The van der Waals surface area contributed by atoms with Crippen LogP contribution in [0.4, 0.5) is 0 Å². The van der Waals surface area contributed by atoms with Gasteiger partial charge in [-0.3, -0.25) is 67.4 Å². The number of hydrogen-bond acceptors (Lipinski definition) is 15. The van der Waals surface area contributed by atoms with Gasteiger partial charge in [-0.25, -0.2) is 4.98 Å². The number of rotatable bonds is 26. The van der Waals surface area contributed by atoms with E-state index in [1.807, 2.05) is 6.92 Å². The third-order valence-electron chi connectivity index (χ3n) is 16.0. The number of nitrogens with zero attached hydrogens (tertiary/aromatic N) is 4. The van der Waals surface area contributed by atoms with Crippen LogP contribution in [-0.4, -0.2) is 182 Å². The Bertz CT molecular complexity index is 3260. The summed E-state index contributed by atoms with van der Waals surface area (Å²) in [6, 6.07) is 2.23. The minimum absolute atomic E-state index is 0.00168. The summed E-state index contributed by atoms with van der Waals surface area (Å²) >= 11 is 0. The van der Waals surface area contributed by atoms with Crippen molar-refractivity contribution in [2.75, 3.05) is 26.2 Å². The van der Waals surface area contributed by atoms with Crippen molar-refractivity contribution in [1.82, 2.24) is 67.3 Å². The van der Waals surface area contributed by atoms with Crippen molar-refractivity contribution in [3.8, 4) is 0 Å². The van der Waals surface area contributed by atoms with Crippen LogP contribution in [0.5, 0.6) is 0 Å². The van der Waals surface area contributed by atoms with E-state index >= 15 is 28.8 Å². The van der Waals surface area contributed by atoms with Gasteiger partial charge >= 0.3 is 0 Å². The Morgan fingerprint density at radius 1 is 0.728 bits per heavy atom. The fourth-order valence-corrected chi connectivity index (χ4v) is 11.0. The second-order valence-electron chi connectivity index (χ2n) is 23.4. The average Bonchev–Trinajstić information content (AvgIpc) is 1.59. The molecule has 4 heterocycles. The Morgan fingerprint density at radius 2 is 1.36 bits per heavy atom. The number of unbranched alkanes of at least 4 members (excludes halogenated alkanes) is 2. The molecule has 2 aromatic heterocycles. The molecule has 0 spiro atoms. The third-order valence-corrected chi connectivity index (χ3v) is 16.0. The summed E-state index contributed by atoms with van der Waals surface area (Å²) < 4.78 is 0. The number of nitrogens with one attached hydrogen (secondary N) is 10. The Labute approximate surface area is 532 Å². The topological polar surface area (TPSA) is 468 Å². The summed E-state index contributed by atoms with van der Waals surface area (Å²) in [5.74, 6) is -12.1. The number of imidazole rings is 1. The standard InChI is InChI=1S/C62H88N18O12/c1-5-6-19-42(71-36(4)81)54(85)77-48-30-50(82)80(33-51(83)79-26-15-23-49(79)60(91)78-52(35(2)3)53(64)84)61(92)44(21-12-13-24-63)73-57(88)46(28-38-31-69-41-20-11-10-18-40(38)41)75-55(86)43(22-14-25-68-62(65)66)72-56(87)45(27-37-16-8-7-9-17-37)74-58(89)47(76-59(48)90)29-39-32-67-34-70-39/h7-11,16-18,20,31-32,34-35,42-49,52,69H,5-6,12-15,19,21-30,33,63H2,1-4H3,(H2,64,84)(H,67,70)(H,71,81)(H,72,87)(H,73,88)(H,74,89)(H,75,86)(H,76,90)(H,77,85)(H,78,91)(H4,65,66,68)/t42-,43-,44-,45-,46+,47-,48-,49-,52-/m0/s1. The van der Waals surface area contributed by atoms with E-state index < -0.39 is 144 Å². The number of primary amides is 1. The van der Waals surface area contributed by atoms with Gasteiger partial charge in [-0.1, -0.05) is 82.1 Å². The zero-order valence-electron chi connectivity index (χ0n) is 52.4. The molecular weight excluding hydrogens is 1190 g/mol. The monoisotopic (exact) mass is 1280 g/mol. The quantitative estimate of drug-likeness (QED) is 0.0141. The van der Waals surface area contributed by atoms with Gasteiger partial charge in [0.1, 0.15) is 60.9 Å². The summed E-state index contributed by atoms with van der Waals surface area (Å²) in [6.07, 6.45) is 4.09. The van der Waals surface area contributed by atoms with Crippen molar-refractivity contribution in [1.29, 1.82) is 0 Å². The molecule has 12 amide bonds. The van der Waals surface area contributed by atoms with Gasteiger partial charge in [0.05, 0.1) is 12.7 Å². The van der Waals surface area contributed by atoms with Crippen LogP contribution in [0.25, 0.3) is 10.9 Å². The Balaban J connectivity index is 1.54. The first-order valence-corrected chi connectivity index (χ1v) is 31.1. The molecule has 2 fully saturated rings. The first-order valence-electron chi connectivity index (χ1n) is 31.1. The summed E-state index contributed by atoms with van der Waals surface area (Å²) in [5, 5.41) is 22.1. The van der Waals surface area contributed by atoms with Crippen molar-refractivity contribution < 1.29 is 57.5 Å². The van der Waals surface area contributed by atoms with Gasteiger partial charge in [0.25, 0.3) is 5.91 Å². The number of imide groups is 1. The number of carbonyl (C=O) groups is 12. The second kappa shape index (κ2) is 35.0. The van der Waals surface area contributed by atoms with Crippen LogP contribution in [0.1, 0.15) is 115 Å². The van der Waals surface area contributed by atoms with Gasteiger partial charge in [0.2, 0.25) is 65.0 Å². The van der Waals surface area contributed by atoms with Crippen LogP contribution < -0.4 is 65.5 Å². The molecule has 2 aromatic carbocycles. The molecule has 2 saturated heterocycles. The minimum Gasteiger partial charge on any atom is -0.370 e. The van der Waals surface area contributed by atoms with Crippen molar-refractivity contribution in [2.24, 2.45) is 33.8 Å². The second-order valence-corrected chi connectivity index (χ2v) is 23.4. The SMILES string of the molecule is CCCC[C@H](NC(C)=O)C(=O)N[C@H]1CC(=O)N(CC(=O)N2CCC[C@H]2C(=O)N[C@H](C(N)=O)C(C)C)C(=O)[C@H](CCCCN)NC(=O)[C@@H](Cc2c[nH]c3ccccc23)NC(=O)[C@H](CCCN=C(N)N)NC(=O)[C@H](Cc2ccccc2)NC(=O)[C@H](Cc2cnc[nH]2)NC1=O. The van der Waals surface area contributed by atoms with E-state index in [1.165, 1.54) is 19.4 Å². The molecule has 0 saturated carbocycles. The van der Waals surface area contributed by atoms with Gasteiger partial charge in [-0.2, -0.15) is 0 Å². The highest BCUT2D eigenvalue weighted by molar-refractivity contribution is 6.06. The van der Waals surface area contributed by atoms with Gasteiger partial charge in [0, 0.05) is 68.3 Å². The Hall–Kier alpha value is -9.74. The molecule has 6 rings (SSSR count). The van der Waals surface area contributed by atoms with E-state index in [4.69, 9.17) is 22.9 Å². The highest BCUT2D eigenvalue weighted by Crippen LogP contribution is 2.23. The molecule has 0 radical (unpaired) electrons. The largest absolute Gasteiger partial charge is 0.370 e. The zero-order chi connectivity index (χ0) is 67.0. The molecule has 0 bridgehead atoms. The van der Waals surface area contributed by atoms with E-state index in [1.54, 1.807) is 74.6 Å². The number of aromatic nitrogens is 3. The van der Waals surface area contributed by atoms with Gasteiger partial charge < -0.3 is 80.3 Å². The highest BCUT2D eigenvalue weighted by Gasteiger charge is 2.42. The summed E-state index contributed by atoms with van der Waals surface area (Å²) in [6.45, 7) is 5.31. The summed E-state index contributed by atoms with van der Waals surface area (Å²) in [7, 11) is 0. The fraction of sp³-hybridized carbons (Fsp3) is 0.516. The summed E-state index contributed by atoms with van der Waals surface area (Å²) in [5.41, 5.74) is 25.0. The molecule has 0 unspecified atom stereocenters. The predicted molar refractivity (Wildman–Crippen MR) is 338 cm³/mol. The molecule has 2 aliphatic rings. The van der Waals surface area contributed by atoms with E-state index in [9.17, 15) is 28.8 Å². The van der Waals surface area contributed by atoms with Crippen molar-refractivity contribution in [3.63, 3.8) is 0 Å². The number of guanidine groups is 1. The zero-order valence-corrected chi connectivity index (χ0v) is 52.4. The van der Waals surface area contributed by atoms with Gasteiger partial charge in [-0.05, 0) is 81.0 Å². The average molecular weight is 1280 g/mol. The Kier molecular flexibility index (Phi) is 27.2. The van der Waals surface area contributed by atoms with E-state index in [0.29, 0.717) is 45.5 Å². The molecular formula is C62H88N18O12. The molecule has 498 valence electrons. The number of aromatic amines is 2. The number of amides is 12. The van der Waals surface area contributed by atoms with E-state index in [-0.39, 0.29) is 96.2 Å². The van der Waals surface area contributed by atoms with Crippen molar-refractivity contribution >= 4 is 87.7 Å². The molecule has 4 aromatic rings. The normalized spacial score (nSPS) is 21.2. The van der Waals surface area contributed by atoms with Crippen LogP contribution >= 0.6 is 0 Å². The van der Waals surface area contributed by atoms with Gasteiger partial charge in [0.15, 0.2) is 5.96 Å². The van der Waals surface area contributed by atoms with Crippen LogP contribution in [0.15, 0.2) is 78.3 Å². The smallest absolute Gasteiger partial charge is 0.252 e. The molecule has 92 heavy (non-hydrogen) atoms. The lowest BCUT2D eigenvalue weighted by molar-refractivity contribution is -0.154. The maximum absolute atomic E-state index is 15.7. The number of hydrogen-bond donors (Lipinski definition) is 14. The molecule has 2 aliphatic heterocycles. The number of aliphatic imine (C=N–C) groups is 1. The number of fused-ring (bicyclic) bond motifs is 1. The lowest BCUT2D eigenvalue weighted by atomic mass is 10.0. The molecule has 0 aliphatic carbocycles. The molecule has 30 nitrogen and oxygen atoms in total. The van der Waals surface area contributed by atoms with E-state index in [2.05, 4.69) is 62.5 Å². The minimum atomic E-state index is -2.00. The van der Waals surface area contributed by atoms with Crippen LogP contribution in [0.2, 0.25) is 0 Å². The lowest BCUT2D eigenvalue weighted by Gasteiger charge is -2.32. The fourth-order valence-electron chi connectivity index (χ4n) is 11.0. The Morgan fingerprint density at radius 3 is 2.00 bits per heavy atom. The first kappa shape index (κ1) is 71.3. The number of H-pyrrole nitrogens is 2. The number of para-hydroxylation sites is 1. The lowest BCUT2D eigenvalue weighted by Crippen LogP contribution is -2.62. The molecule has 30 heteroatoms. The highest BCUT2D eigenvalue weighted by atomic mass is 16.2. The first-order chi connectivity index (χ1) is 44.0.